The first-order chi connectivity index (χ1) is 27.2. The van der Waals surface area contributed by atoms with Gasteiger partial charge in [-0.15, -0.1) is 0 Å². The molecule has 0 saturated carbocycles. The molecule has 0 radical (unpaired) electrons. The number of para-hydroxylation sites is 4. The van der Waals surface area contributed by atoms with Crippen molar-refractivity contribution in [1.82, 2.24) is 0 Å². The summed E-state index contributed by atoms with van der Waals surface area (Å²) in [4.78, 5) is 0. The van der Waals surface area contributed by atoms with E-state index in [4.69, 9.17) is 8.83 Å². The molecule has 1 aliphatic carbocycles. The molecule has 55 heavy (non-hydrogen) atoms. The minimum absolute atomic E-state index is 0.302. The molecule has 2 aromatic heterocycles. The summed E-state index contributed by atoms with van der Waals surface area (Å²) in [6, 6.07) is 61.7. The first-order valence-corrected chi connectivity index (χ1v) is 19.2. The molecule has 0 amide bonds. The molecule has 2 heteroatoms. The van der Waals surface area contributed by atoms with Gasteiger partial charge in [0.2, 0.25) is 0 Å². The second-order valence-electron chi connectivity index (χ2n) is 15.2. The lowest BCUT2D eigenvalue weighted by atomic mass is 9.74. The van der Waals surface area contributed by atoms with Crippen LogP contribution in [-0.2, 0) is 0 Å². The van der Waals surface area contributed by atoms with Crippen LogP contribution in [0, 0.1) is 5.92 Å². The third kappa shape index (κ3) is 4.49. The summed E-state index contributed by atoms with van der Waals surface area (Å²) in [5.41, 5.74) is 13.1. The maximum absolute atomic E-state index is 6.63. The van der Waals surface area contributed by atoms with Crippen LogP contribution < -0.4 is 5.22 Å². The van der Waals surface area contributed by atoms with E-state index in [1.165, 1.54) is 43.5 Å². The summed E-state index contributed by atoms with van der Waals surface area (Å²) in [6.45, 7) is 2.36. The van der Waals surface area contributed by atoms with Crippen LogP contribution in [0.15, 0.2) is 179 Å². The highest BCUT2D eigenvalue weighted by atomic mass is 16.3. The van der Waals surface area contributed by atoms with E-state index in [1.807, 2.05) is 12.1 Å². The van der Waals surface area contributed by atoms with Crippen molar-refractivity contribution in [1.29, 1.82) is 0 Å². The zero-order valence-corrected chi connectivity index (χ0v) is 30.2. The summed E-state index contributed by atoms with van der Waals surface area (Å²) in [6.07, 6.45) is 2.48. The monoisotopic (exact) mass is 702 g/mol. The second kappa shape index (κ2) is 11.5. The third-order valence-electron chi connectivity index (χ3n) is 12.1. The van der Waals surface area contributed by atoms with Crippen LogP contribution in [-0.4, -0.2) is 0 Å². The summed E-state index contributed by atoms with van der Waals surface area (Å²) in [5, 5.41) is 11.1. The average molecular weight is 703 g/mol. The van der Waals surface area contributed by atoms with E-state index < -0.39 is 0 Å². The Morgan fingerprint density at radius 2 is 0.982 bits per heavy atom. The molecule has 0 bridgehead atoms. The van der Waals surface area contributed by atoms with Gasteiger partial charge in [-0.05, 0) is 96.4 Å². The Kier molecular flexibility index (Phi) is 6.41. The average Bonchev–Trinajstić information content (AvgIpc) is 3.81. The second-order valence-corrected chi connectivity index (χ2v) is 15.2. The number of fused-ring (bicyclic) bond motifs is 6. The summed E-state index contributed by atoms with van der Waals surface area (Å²) in [7, 11) is 0. The van der Waals surface area contributed by atoms with E-state index in [9.17, 15) is 0 Å². The third-order valence-corrected chi connectivity index (χ3v) is 12.1. The van der Waals surface area contributed by atoms with E-state index in [0.29, 0.717) is 11.8 Å². The molecule has 1 aliphatic rings. The fraction of sp³-hybridized carbons (Fsp3) is 0.0566. The van der Waals surface area contributed by atoms with Gasteiger partial charge in [-0.1, -0.05) is 153 Å². The zero-order valence-electron chi connectivity index (χ0n) is 30.2. The number of benzene rings is 9. The van der Waals surface area contributed by atoms with Crippen molar-refractivity contribution < 1.29 is 8.83 Å². The van der Waals surface area contributed by atoms with E-state index in [2.05, 4.69) is 171 Å². The maximum Gasteiger partial charge on any atom is 0.143 e. The molecule has 2 heterocycles. The lowest BCUT2D eigenvalue weighted by Gasteiger charge is -2.29. The molecule has 0 N–H and O–H groups in total. The Labute approximate surface area is 317 Å². The maximum atomic E-state index is 6.63. The molecule has 1 unspecified atom stereocenters. The van der Waals surface area contributed by atoms with Crippen molar-refractivity contribution in [2.45, 2.75) is 12.8 Å². The highest BCUT2D eigenvalue weighted by molar-refractivity contribution is 6.18. The van der Waals surface area contributed by atoms with Crippen LogP contribution in [0.3, 0.4) is 0 Å². The first-order valence-electron chi connectivity index (χ1n) is 19.2. The van der Waals surface area contributed by atoms with Gasteiger partial charge in [0.15, 0.2) is 0 Å². The molecule has 11 aromatic rings. The van der Waals surface area contributed by atoms with E-state index in [1.54, 1.807) is 0 Å². The molecule has 0 aliphatic heterocycles. The molecular weight excluding hydrogens is 669 g/mol. The smallest absolute Gasteiger partial charge is 0.143 e. The Hall–Kier alpha value is -6.90. The minimum atomic E-state index is 0.302. The first kappa shape index (κ1) is 30.6. The highest BCUT2D eigenvalue weighted by Gasteiger charge is 2.27. The van der Waals surface area contributed by atoms with Crippen LogP contribution in [0.4, 0.5) is 0 Å². The number of furan rings is 2. The van der Waals surface area contributed by atoms with Crippen molar-refractivity contribution >= 4 is 71.5 Å². The fourth-order valence-electron chi connectivity index (χ4n) is 9.70. The fourth-order valence-corrected chi connectivity index (χ4v) is 9.70. The molecule has 12 rings (SSSR count). The standard InChI is InChI=1S/C53H34O2/c1-31-27-34-23-25-43-38(24-21-33-22-26-46(51(34)50(33)43)49(31)32-11-3-2-4-12-32)35-28-36(39-15-9-17-44-41-13-5-7-19-47(41)54-52(39)44)30-37(29-35)40-16-10-18-45-42-14-6-8-20-48(42)55-53(40)45/h2-31,49H,1H3/t31-,49?/m1/s1. The number of hydrogen-bond acceptors (Lipinski definition) is 2. The van der Waals surface area contributed by atoms with E-state index >= 15 is 0 Å². The van der Waals surface area contributed by atoms with Crippen molar-refractivity contribution in [2.75, 3.05) is 0 Å². The van der Waals surface area contributed by atoms with Gasteiger partial charge in [0, 0.05) is 38.6 Å². The number of rotatable bonds is 4. The van der Waals surface area contributed by atoms with Gasteiger partial charge in [-0.25, -0.2) is 0 Å². The van der Waals surface area contributed by atoms with Crippen molar-refractivity contribution in [3.05, 3.63) is 186 Å². The SMILES string of the molecule is C[C@@H]1C=c2ccc3c(-c4cc(-c5cccc6c5oc5ccccc56)cc(-c5cccc6c5oc5ccccc56)c4)ccc4ccc(c2c43)C1c1ccccc1. The van der Waals surface area contributed by atoms with Crippen molar-refractivity contribution in [3.63, 3.8) is 0 Å². The zero-order chi connectivity index (χ0) is 36.2. The lowest BCUT2D eigenvalue weighted by Crippen LogP contribution is -2.21. The summed E-state index contributed by atoms with van der Waals surface area (Å²) in [5.74, 6) is 0.689. The molecule has 9 aromatic carbocycles. The van der Waals surface area contributed by atoms with Crippen LogP contribution in [0.1, 0.15) is 24.0 Å². The van der Waals surface area contributed by atoms with E-state index in [0.717, 1.165) is 71.7 Å². The van der Waals surface area contributed by atoms with Gasteiger partial charge in [0.25, 0.3) is 0 Å². The van der Waals surface area contributed by atoms with Crippen molar-refractivity contribution in [3.8, 4) is 33.4 Å². The quantitative estimate of drug-likeness (QED) is 0.182. The van der Waals surface area contributed by atoms with Gasteiger partial charge in [-0.3, -0.25) is 0 Å². The van der Waals surface area contributed by atoms with Crippen LogP contribution in [0.2, 0.25) is 0 Å². The molecule has 0 spiro atoms. The normalized spacial score (nSPS) is 15.5. The Morgan fingerprint density at radius 3 is 1.64 bits per heavy atom. The van der Waals surface area contributed by atoms with Crippen LogP contribution in [0.5, 0.6) is 0 Å². The number of hydrogen-bond donors (Lipinski definition) is 0. The van der Waals surface area contributed by atoms with Gasteiger partial charge >= 0.3 is 0 Å². The molecule has 0 fully saturated rings. The largest absolute Gasteiger partial charge is 0.455 e. The molecule has 258 valence electrons. The predicted octanol–water partition coefficient (Wildman–Crippen LogP) is 14.1. The molecule has 0 saturated heterocycles. The van der Waals surface area contributed by atoms with Crippen LogP contribution in [0.25, 0.3) is 105 Å². The summed E-state index contributed by atoms with van der Waals surface area (Å²) < 4.78 is 13.3. The predicted molar refractivity (Wildman–Crippen MR) is 229 cm³/mol. The summed E-state index contributed by atoms with van der Waals surface area (Å²) >= 11 is 0. The van der Waals surface area contributed by atoms with Crippen LogP contribution >= 0.6 is 0 Å². The Morgan fingerprint density at radius 1 is 0.418 bits per heavy atom. The van der Waals surface area contributed by atoms with Crippen molar-refractivity contribution in [2.24, 2.45) is 5.92 Å². The van der Waals surface area contributed by atoms with E-state index in [-0.39, 0.29) is 0 Å². The molecule has 2 nitrogen and oxygen atoms in total. The molecule has 2 atom stereocenters. The van der Waals surface area contributed by atoms with Gasteiger partial charge < -0.3 is 8.83 Å². The molecular formula is C53H34O2. The Balaban J connectivity index is 1.14. The topological polar surface area (TPSA) is 26.3 Å². The highest BCUT2D eigenvalue weighted by Crippen LogP contribution is 2.46. The Bertz CT molecular complexity index is 3270. The van der Waals surface area contributed by atoms with Gasteiger partial charge in [0.1, 0.15) is 22.3 Å². The van der Waals surface area contributed by atoms with Gasteiger partial charge in [-0.2, -0.15) is 0 Å². The van der Waals surface area contributed by atoms with Gasteiger partial charge in [0.05, 0.1) is 0 Å². The minimum Gasteiger partial charge on any atom is -0.455 e. The lowest BCUT2D eigenvalue weighted by molar-refractivity contribution is 0.653.